The van der Waals surface area contributed by atoms with E-state index >= 15 is 0 Å². The molecule has 0 aromatic heterocycles. The lowest BCUT2D eigenvalue weighted by Crippen LogP contribution is -2.49. The molecule has 0 aliphatic carbocycles. The Bertz CT molecular complexity index is 251. The van der Waals surface area contributed by atoms with Crippen LogP contribution >= 0.6 is 12.4 Å². The van der Waals surface area contributed by atoms with Crippen LogP contribution in [0.4, 0.5) is 0 Å². The summed E-state index contributed by atoms with van der Waals surface area (Å²) >= 11 is 0. The maximum absolute atomic E-state index is 12.3. The quantitative estimate of drug-likeness (QED) is 0.828. The molecule has 5 heteroatoms. The van der Waals surface area contributed by atoms with Gasteiger partial charge >= 0.3 is 0 Å². The second kappa shape index (κ2) is 7.97. The molecule has 18 heavy (non-hydrogen) atoms. The number of halogens is 1. The summed E-state index contributed by atoms with van der Waals surface area (Å²) in [5.74, 6) is 0.232. The van der Waals surface area contributed by atoms with E-state index in [-0.39, 0.29) is 30.4 Å². The zero-order valence-corrected chi connectivity index (χ0v) is 12.9. The molecular weight excluding hydrogens is 250 g/mol. The van der Waals surface area contributed by atoms with Crippen LogP contribution in [-0.4, -0.2) is 53.5 Å². The molecule has 0 bridgehead atoms. The van der Waals surface area contributed by atoms with Crippen LogP contribution < -0.4 is 5.73 Å². The summed E-state index contributed by atoms with van der Waals surface area (Å²) < 4.78 is 0. The van der Waals surface area contributed by atoms with Crippen LogP contribution in [-0.2, 0) is 4.79 Å². The molecule has 0 aromatic carbocycles. The van der Waals surface area contributed by atoms with Gasteiger partial charge < -0.3 is 10.6 Å². The smallest absolute Gasteiger partial charge is 0.237 e. The van der Waals surface area contributed by atoms with Gasteiger partial charge in [-0.25, -0.2) is 0 Å². The van der Waals surface area contributed by atoms with Gasteiger partial charge in [0.1, 0.15) is 0 Å². The molecule has 2 N–H and O–H groups in total. The van der Waals surface area contributed by atoms with Crippen molar-refractivity contribution in [2.75, 3.05) is 19.6 Å². The van der Waals surface area contributed by atoms with Gasteiger partial charge in [0.15, 0.2) is 0 Å². The van der Waals surface area contributed by atoms with E-state index in [1.54, 1.807) is 0 Å². The van der Waals surface area contributed by atoms with Crippen LogP contribution in [0.1, 0.15) is 40.5 Å². The van der Waals surface area contributed by atoms with Crippen molar-refractivity contribution < 1.29 is 4.79 Å². The molecule has 1 heterocycles. The fourth-order valence-corrected chi connectivity index (χ4v) is 2.80. The van der Waals surface area contributed by atoms with Gasteiger partial charge in [-0.1, -0.05) is 0 Å². The fraction of sp³-hybridized carbons (Fsp3) is 0.923. The summed E-state index contributed by atoms with van der Waals surface area (Å²) in [5.41, 5.74) is 5.73. The van der Waals surface area contributed by atoms with Crippen LogP contribution in [0.15, 0.2) is 0 Å². The molecule has 1 rings (SSSR count). The molecule has 1 atom stereocenters. The molecule has 1 aliphatic rings. The van der Waals surface area contributed by atoms with Gasteiger partial charge in [-0.2, -0.15) is 0 Å². The molecule has 0 spiro atoms. The molecule has 108 valence electrons. The third-order valence-corrected chi connectivity index (χ3v) is 3.51. The van der Waals surface area contributed by atoms with Gasteiger partial charge in [0.25, 0.3) is 0 Å². The van der Waals surface area contributed by atoms with Crippen molar-refractivity contribution in [1.29, 1.82) is 0 Å². The van der Waals surface area contributed by atoms with Crippen molar-refractivity contribution in [2.24, 2.45) is 5.73 Å². The standard InChI is InChI=1S/C13H27N3O.ClH/c1-10(2)16(11(3)4)13(17)9-15-7-5-6-12(15)8-14;/h10-12H,5-9,14H2,1-4H3;1H. The van der Waals surface area contributed by atoms with E-state index in [4.69, 9.17) is 5.73 Å². The van der Waals surface area contributed by atoms with Crippen LogP contribution in [0.25, 0.3) is 0 Å². The normalized spacial score (nSPS) is 20.3. The summed E-state index contributed by atoms with van der Waals surface area (Å²) in [5, 5.41) is 0. The third-order valence-electron chi connectivity index (χ3n) is 3.51. The lowest BCUT2D eigenvalue weighted by Gasteiger charge is -2.33. The minimum atomic E-state index is 0. The Kier molecular flexibility index (Phi) is 7.83. The summed E-state index contributed by atoms with van der Waals surface area (Å²) in [7, 11) is 0. The summed E-state index contributed by atoms with van der Waals surface area (Å²) in [4.78, 5) is 16.5. The predicted molar refractivity (Wildman–Crippen MR) is 78.0 cm³/mol. The van der Waals surface area contributed by atoms with E-state index in [9.17, 15) is 4.79 Å². The Morgan fingerprint density at radius 3 is 2.33 bits per heavy atom. The monoisotopic (exact) mass is 277 g/mol. The number of nitrogens with zero attached hydrogens (tertiary/aromatic N) is 2. The van der Waals surface area contributed by atoms with E-state index in [2.05, 4.69) is 32.6 Å². The second-order valence-corrected chi connectivity index (χ2v) is 5.49. The molecule has 1 fully saturated rings. The first-order valence-corrected chi connectivity index (χ1v) is 6.72. The average molecular weight is 278 g/mol. The van der Waals surface area contributed by atoms with E-state index < -0.39 is 0 Å². The Labute approximate surface area is 117 Å². The fourth-order valence-electron chi connectivity index (χ4n) is 2.80. The van der Waals surface area contributed by atoms with Crippen molar-refractivity contribution in [2.45, 2.75) is 58.7 Å². The molecule has 0 radical (unpaired) electrons. The number of hydrogen-bond acceptors (Lipinski definition) is 3. The SMILES string of the molecule is CC(C)N(C(=O)CN1CCCC1CN)C(C)C.Cl. The first kappa shape index (κ1) is 17.7. The highest BCUT2D eigenvalue weighted by Crippen LogP contribution is 2.17. The van der Waals surface area contributed by atoms with Gasteiger partial charge in [0.2, 0.25) is 5.91 Å². The lowest BCUT2D eigenvalue weighted by molar-refractivity contribution is -0.136. The van der Waals surface area contributed by atoms with Gasteiger partial charge in [-0.05, 0) is 47.1 Å². The van der Waals surface area contributed by atoms with Crippen LogP contribution in [0.5, 0.6) is 0 Å². The Balaban J connectivity index is 0.00000289. The van der Waals surface area contributed by atoms with Crippen molar-refractivity contribution in [3.63, 3.8) is 0 Å². The van der Waals surface area contributed by atoms with E-state index in [0.29, 0.717) is 19.1 Å². The van der Waals surface area contributed by atoms with Crippen molar-refractivity contribution in [1.82, 2.24) is 9.80 Å². The zero-order valence-electron chi connectivity index (χ0n) is 12.1. The molecule has 4 nitrogen and oxygen atoms in total. The first-order valence-electron chi connectivity index (χ1n) is 6.72. The highest BCUT2D eigenvalue weighted by Gasteiger charge is 2.28. The number of amides is 1. The van der Waals surface area contributed by atoms with Crippen LogP contribution in [0, 0.1) is 0 Å². The third kappa shape index (κ3) is 4.41. The number of rotatable bonds is 5. The number of nitrogens with two attached hydrogens (primary N) is 1. The van der Waals surface area contributed by atoms with Gasteiger partial charge in [-0.15, -0.1) is 12.4 Å². The average Bonchev–Trinajstić information content (AvgIpc) is 2.63. The maximum Gasteiger partial charge on any atom is 0.237 e. The zero-order chi connectivity index (χ0) is 13.0. The largest absolute Gasteiger partial charge is 0.337 e. The molecule has 1 saturated heterocycles. The molecular formula is C13H28ClN3O. The maximum atomic E-state index is 12.3. The summed E-state index contributed by atoms with van der Waals surface area (Å²) in [6, 6.07) is 0.933. The minimum absolute atomic E-state index is 0. The topological polar surface area (TPSA) is 49.6 Å². The van der Waals surface area contributed by atoms with Crippen molar-refractivity contribution >= 4 is 18.3 Å². The number of likely N-dealkylation sites (tertiary alicyclic amines) is 1. The Hall–Kier alpha value is -0.320. The number of carbonyl (C=O) groups excluding carboxylic acids is 1. The van der Waals surface area contributed by atoms with Gasteiger partial charge in [0.05, 0.1) is 6.54 Å². The first-order chi connectivity index (χ1) is 7.97. The highest BCUT2D eigenvalue weighted by atomic mass is 35.5. The van der Waals surface area contributed by atoms with Gasteiger partial charge in [0, 0.05) is 24.7 Å². The number of hydrogen-bond donors (Lipinski definition) is 1. The molecule has 1 amide bonds. The van der Waals surface area contributed by atoms with Crippen molar-refractivity contribution in [3.8, 4) is 0 Å². The summed E-state index contributed by atoms with van der Waals surface area (Å²) in [6.45, 7) is 10.5. The summed E-state index contributed by atoms with van der Waals surface area (Å²) in [6.07, 6.45) is 2.30. The minimum Gasteiger partial charge on any atom is -0.337 e. The molecule has 0 saturated carbocycles. The lowest BCUT2D eigenvalue weighted by atomic mass is 10.2. The number of carbonyl (C=O) groups is 1. The van der Waals surface area contributed by atoms with E-state index in [1.807, 2.05) is 4.90 Å². The van der Waals surface area contributed by atoms with Crippen molar-refractivity contribution in [3.05, 3.63) is 0 Å². The van der Waals surface area contributed by atoms with E-state index in [0.717, 1.165) is 13.0 Å². The molecule has 1 unspecified atom stereocenters. The Morgan fingerprint density at radius 1 is 1.33 bits per heavy atom. The van der Waals surface area contributed by atoms with Crippen LogP contribution in [0.3, 0.4) is 0 Å². The molecule has 0 aromatic rings. The van der Waals surface area contributed by atoms with Gasteiger partial charge in [-0.3, -0.25) is 9.69 Å². The molecule has 1 aliphatic heterocycles. The second-order valence-electron chi connectivity index (χ2n) is 5.49. The predicted octanol–water partition coefficient (Wildman–Crippen LogP) is 1.48. The Morgan fingerprint density at radius 2 is 1.89 bits per heavy atom. The van der Waals surface area contributed by atoms with Crippen LogP contribution in [0.2, 0.25) is 0 Å². The highest BCUT2D eigenvalue weighted by molar-refractivity contribution is 5.85. The van der Waals surface area contributed by atoms with E-state index in [1.165, 1.54) is 6.42 Å².